The average Bonchev–Trinajstić information content (AvgIpc) is 2.42. The van der Waals surface area contributed by atoms with Crippen molar-refractivity contribution in [2.75, 3.05) is 5.32 Å². The van der Waals surface area contributed by atoms with Crippen LogP contribution in [-0.4, -0.2) is 22.1 Å². The van der Waals surface area contributed by atoms with Crippen LogP contribution in [0.3, 0.4) is 0 Å². The Morgan fingerprint density at radius 3 is 2.32 bits per heavy atom. The second kappa shape index (κ2) is 11.2. The number of aromatic carboxylic acids is 1. The predicted molar refractivity (Wildman–Crippen MR) is 81.7 cm³/mol. The second-order valence-electron chi connectivity index (χ2n) is 5.10. The smallest absolute Gasteiger partial charge is 0.339 e. The molecule has 1 rings (SSSR count). The summed E-state index contributed by atoms with van der Waals surface area (Å²) in [6.45, 7) is 2.17. The number of aromatic hydroxyl groups is 1. The Labute approximate surface area is 143 Å². The SMILES string of the molecule is CCCCCCCCC(=O)Nc1ccc(C(=O)O)c(O)c1.[Zn]. The first kappa shape index (κ1) is 20.6. The Hall–Kier alpha value is -1.42. The van der Waals surface area contributed by atoms with E-state index < -0.39 is 5.97 Å². The van der Waals surface area contributed by atoms with Gasteiger partial charge in [-0.15, -0.1) is 0 Å². The van der Waals surface area contributed by atoms with Gasteiger partial charge in [0.25, 0.3) is 0 Å². The van der Waals surface area contributed by atoms with Crippen molar-refractivity contribution in [1.82, 2.24) is 0 Å². The quantitative estimate of drug-likeness (QED) is 0.463. The van der Waals surface area contributed by atoms with Gasteiger partial charge < -0.3 is 15.5 Å². The number of carbonyl (C=O) groups excluding carboxylic acids is 1. The number of hydrogen-bond donors (Lipinski definition) is 3. The predicted octanol–water partition coefficient (Wildman–Crippen LogP) is 3.78. The number of amides is 1. The van der Waals surface area contributed by atoms with Gasteiger partial charge in [-0.2, -0.15) is 0 Å². The van der Waals surface area contributed by atoms with Gasteiger partial charge in [0, 0.05) is 37.7 Å². The number of rotatable bonds is 9. The molecule has 3 N–H and O–H groups in total. The van der Waals surface area contributed by atoms with Crippen molar-refractivity contribution in [2.45, 2.75) is 51.9 Å². The molecule has 0 bridgehead atoms. The minimum atomic E-state index is -1.20. The second-order valence-corrected chi connectivity index (χ2v) is 5.10. The third-order valence-electron chi connectivity index (χ3n) is 3.27. The van der Waals surface area contributed by atoms with Gasteiger partial charge in [-0.1, -0.05) is 39.0 Å². The van der Waals surface area contributed by atoms with Crippen LogP contribution in [0.2, 0.25) is 0 Å². The number of carbonyl (C=O) groups is 2. The summed E-state index contributed by atoms with van der Waals surface area (Å²) in [4.78, 5) is 22.5. The van der Waals surface area contributed by atoms with Crippen LogP contribution in [0.4, 0.5) is 5.69 Å². The molecule has 0 spiro atoms. The molecule has 6 heteroatoms. The van der Waals surface area contributed by atoms with Gasteiger partial charge in [-0.25, -0.2) is 4.79 Å². The molecule has 1 aromatic rings. The molecule has 22 heavy (non-hydrogen) atoms. The number of carboxylic acids is 1. The number of anilines is 1. The Balaban J connectivity index is 0.00000441. The van der Waals surface area contributed by atoms with E-state index in [-0.39, 0.29) is 36.7 Å². The maximum Gasteiger partial charge on any atom is 0.339 e. The summed E-state index contributed by atoms with van der Waals surface area (Å²) >= 11 is 0. The molecule has 0 fully saturated rings. The van der Waals surface area contributed by atoms with Crippen LogP contribution < -0.4 is 5.32 Å². The molecule has 0 aliphatic carbocycles. The summed E-state index contributed by atoms with van der Waals surface area (Å²) in [5.74, 6) is -1.66. The Morgan fingerprint density at radius 1 is 1.09 bits per heavy atom. The molecule has 0 heterocycles. The van der Waals surface area contributed by atoms with Crippen LogP contribution in [0.5, 0.6) is 5.75 Å². The van der Waals surface area contributed by atoms with Gasteiger partial charge in [-0.3, -0.25) is 4.79 Å². The first-order valence-corrected chi connectivity index (χ1v) is 7.40. The van der Waals surface area contributed by atoms with Crippen molar-refractivity contribution < 1.29 is 39.3 Å². The van der Waals surface area contributed by atoms with Crippen LogP contribution in [0.15, 0.2) is 18.2 Å². The van der Waals surface area contributed by atoms with Gasteiger partial charge in [0.2, 0.25) is 5.91 Å². The van der Waals surface area contributed by atoms with Gasteiger partial charge in [0.1, 0.15) is 11.3 Å². The molecule has 0 radical (unpaired) electrons. The summed E-state index contributed by atoms with van der Waals surface area (Å²) in [5.41, 5.74) is 0.234. The van der Waals surface area contributed by atoms with E-state index in [4.69, 9.17) is 5.11 Å². The maximum atomic E-state index is 11.7. The third-order valence-corrected chi connectivity index (χ3v) is 3.27. The fraction of sp³-hybridized carbons (Fsp3) is 0.500. The van der Waals surface area contributed by atoms with Crippen molar-refractivity contribution in [3.63, 3.8) is 0 Å². The molecule has 1 aromatic carbocycles. The van der Waals surface area contributed by atoms with E-state index in [2.05, 4.69) is 12.2 Å². The summed E-state index contributed by atoms with van der Waals surface area (Å²) in [7, 11) is 0. The fourth-order valence-corrected chi connectivity index (χ4v) is 2.08. The molecule has 118 valence electrons. The van der Waals surface area contributed by atoms with Crippen LogP contribution in [-0.2, 0) is 24.3 Å². The molecule has 0 aliphatic rings. The van der Waals surface area contributed by atoms with E-state index >= 15 is 0 Å². The minimum absolute atomic E-state index is 0. The summed E-state index contributed by atoms with van der Waals surface area (Å²) in [5, 5.41) is 21.0. The largest absolute Gasteiger partial charge is 0.507 e. The zero-order chi connectivity index (χ0) is 15.7. The summed E-state index contributed by atoms with van der Waals surface area (Å²) < 4.78 is 0. The van der Waals surface area contributed by atoms with Crippen molar-refractivity contribution in [2.24, 2.45) is 0 Å². The molecule has 1 amide bonds. The first-order chi connectivity index (χ1) is 10.0. The van der Waals surface area contributed by atoms with Crippen LogP contribution in [0.1, 0.15) is 62.2 Å². The van der Waals surface area contributed by atoms with Crippen molar-refractivity contribution in [3.8, 4) is 5.75 Å². The van der Waals surface area contributed by atoms with Gasteiger partial charge >= 0.3 is 5.97 Å². The molecular formula is C16H23NO4Zn. The van der Waals surface area contributed by atoms with E-state index in [0.29, 0.717) is 12.1 Å². The van der Waals surface area contributed by atoms with Crippen molar-refractivity contribution >= 4 is 17.6 Å². The van der Waals surface area contributed by atoms with E-state index in [9.17, 15) is 14.7 Å². The Morgan fingerprint density at radius 2 is 1.73 bits per heavy atom. The zero-order valence-corrected chi connectivity index (χ0v) is 16.1. The maximum absolute atomic E-state index is 11.7. The number of nitrogens with one attached hydrogen (secondary N) is 1. The monoisotopic (exact) mass is 357 g/mol. The van der Waals surface area contributed by atoms with Crippen LogP contribution >= 0.6 is 0 Å². The molecule has 0 atom stereocenters. The van der Waals surface area contributed by atoms with E-state index in [1.54, 1.807) is 0 Å². The summed E-state index contributed by atoms with van der Waals surface area (Å²) in [6.07, 6.45) is 7.12. The fourth-order valence-electron chi connectivity index (χ4n) is 2.08. The topological polar surface area (TPSA) is 86.6 Å². The van der Waals surface area contributed by atoms with Gasteiger partial charge in [0.05, 0.1) is 0 Å². The number of benzene rings is 1. The Kier molecular flexibility index (Phi) is 10.5. The average molecular weight is 359 g/mol. The standard InChI is InChI=1S/C16H23NO4.Zn/c1-2-3-4-5-6-7-8-15(19)17-12-9-10-13(16(20)21)14(18)11-12;/h9-11,18H,2-8H2,1H3,(H,17,19)(H,20,21);. The van der Waals surface area contributed by atoms with E-state index in [1.165, 1.54) is 37.5 Å². The first-order valence-electron chi connectivity index (χ1n) is 7.40. The summed E-state index contributed by atoms with van der Waals surface area (Å²) in [6, 6.07) is 4.00. The minimum Gasteiger partial charge on any atom is -0.507 e. The number of carboxylic acid groups (broad SMARTS) is 1. The molecular weight excluding hydrogens is 336 g/mol. The van der Waals surface area contributed by atoms with E-state index in [1.807, 2.05) is 0 Å². The third kappa shape index (κ3) is 7.55. The molecule has 0 aliphatic heterocycles. The van der Waals surface area contributed by atoms with Crippen molar-refractivity contribution in [3.05, 3.63) is 23.8 Å². The molecule has 5 nitrogen and oxygen atoms in total. The normalized spacial score (nSPS) is 9.86. The molecule has 0 saturated heterocycles. The van der Waals surface area contributed by atoms with Crippen LogP contribution in [0.25, 0.3) is 0 Å². The molecule has 0 unspecified atom stereocenters. The number of phenols is 1. The van der Waals surface area contributed by atoms with E-state index in [0.717, 1.165) is 19.3 Å². The number of hydrogen-bond acceptors (Lipinski definition) is 3. The van der Waals surface area contributed by atoms with Crippen LogP contribution in [0, 0.1) is 0 Å². The zero-order valence-electron chi connectivity index (χ0n) is 13.1. The molecule has 0 aromatic heterocycles. The van der Waals surface area contributed by atoms with Gasteiger partial charge in [-0.05, 0) is 18.6 Å². The van der Waals surface area contributed by atoms with Gasteiger partial charge in [0.15, 0.2) is 0 Å². The number of unbranched alkanes of at least 4 members (excludes halogenated alkanes) is 5. The molecule has 0 saturated carbocycles. The van der Waals surface area contributed by atoms with Crippen molar-refractivity contribution in [1.29, 1.82) is 0 Å². The Bertz CT molecular complexity index is 491.